The fraction of sp³-hybridized carbons (Fsp3) is 0.0625. The summed E-state index contributed by atoms with van der Waals surface area (Å²) in [6.45, 7) is 0. The first-order chi connectivity index (χ1) is 51.5. The number of fused-ring (bicyclic) bond motifs is 26. The molecule has 0 N–H and O–H groups in total. The van der Waals surface area contributed by atoms with Crippen LogP contribution in [0.2, 0.25) is 0 Å². The minimum Gasteiger partial charge on any atom is -0.456 e. The van der Waals surface area contributed by atoms with Crippen LogP contribution in [0.3, 0.4) is 0 Å². The second-order valence-electron chi connectivity index (χ2n) is 28.8. The Hall–Kier alpha value is -13.3. The zero-order valence-corrected chi connectivity index (χ0v) is 56.0. The van der Waals surface area contributed by atoms with Gasteiger partial charge >= 0.3 is 0 Å². The third-order valence-corrected chi connectivity index (χ3v) is 23.2. The zero-order chi connectivity index (χ0) is 67.6. The quantitative estimate of drug-likeness (QED) is 0.158. The smallest absolute Gasteiger partial charge is 0.178 e. The van der Waals surface area contributed by atoms with E-state index < -0.39 is 0 Å². The lowest BCUT2D eigenvalue weighted by Gasteiger charge is -2.23. The van der Waals surface area contributed by atoms with E-state index in [9.17, 15) is 0 Å². The van der Waals surface area contributed by atoms with Crippen LogP contribution >= 0.6 is 0 Å². The van der Waals surface area contributed by atoms with Gasteiger partial charge in [-0.2, -0.15) is 0 Å². The molecule has 0 fully saturated rings. The highest BCUT2D eigenvalue weighted by Crippen LogP contribution is 2.48. The summed E-state index contributed by atoms with van der Waals surface area (Å²) in [5, 5.41) is 15.8. The van der Waals surface area contributed by atoms with E-state index in [1.807, 2.05) is 12.1 Å². The molecule has 8 heteroatoms. The van der Waals surface area contributed by atoms with Crippen LogP contribution in [0.5, 0.6) is 0 Å². The Balaban J connectivity index is 0.504. The predicted molar refractivity (Wildman–Crippen MR) is 424 cm³/mol. The van der Waals surface area contributed by atoms with E-state index in [1.165, 1.54) is 60.3 Å². The molecule has 0 amide bonds. The first-order valence-corrected chi connectivity index (χ1v) is 36.0. The molecule has 8 nitrogen and oxygen atoms in total. The maximum absolute atomic E-state index is 6.78. The Labute approximate surface area is 592 Å². The van der Waals surface area contributed by atoms with Crippen molar-refractivity contribution in [1.82, 2.24) is 9.13 Å². The standard InChI is InChI=1S/C96H58N2O6/c1-2-10-53(11-3-1)56-23-36-84-74(44-56)76-48-60(25-38-86(76)100-84)58-27-40-90-72(46-58)69-32-33-70-73-47-59(28-41-91(73)104-96(70)95(69)103-90)61-26-39-87-77(49-61)75-45-57(24-37-85(75)101-87)54-18-20-55(21-19-54)62-22-31-67-79-52-64(30-43-89(79)102-92(67)50-62)98-80-15-7-4-12-65(80)68-34-35-82-93(94(68)98)71-14-5-8-16-81(71)97(82)63-29-42-88-78(51-63)66-13-6-9-17-83(66)99-88/h1-20,22-43,46-52,55-57H,21,44-45H2. The van der Waals surface area contributed by atoms with Gasteiger partial charge in [-0.25, -0.2) is 0 Å². The number of hydrogen-bond acceptors (Lipinski definition) is 6. The van der Waals surface area contributed by atoms with E-state index in [0.29, 0.717) is 5.92 Å². The lowest BCUT2D eigenvalue weighted by molar-refractivity contribution is 0.587. The number of benzene rings is 13. The number of rotatable bonds is 7. The zero-order valence-electron chi connectivity index (χ0n) is 56.0. The van der Waals surface area contributed by atoms with Gasteiger partial charge in [-0.05, 0) is 198 Å². The van der Waals surface area contributed by atoms with E-state index >= 15 is 0 Å². The minimum absolute atomic E-state index is 0.215. The molecule has 3 aliphatic carbocycles. The molecule has 13 aromatic carbocycles. The molecular formula is C96H58N2O6. The number of furan rings is 6. The van der Waals surface area contributed by atoms with E-state index in [1.54, 1.807) is 0 Å². The van der Waals surface area contributed by atoms with Gasteiger partial charge in [-0.15, -0.1) is 0 Å². The molecule has 24 rings (SSSR count). The Bertz CT molecular complexity index is 7480. The topological polar surface area (TPSA) is 88.7 Å². The number of para-hydroxylation sites is 3. The van der Waals surface area contributed by atoms with Gasteiger partial charge in [0.15, 0.2) is 11.2 Å². The average molecular weight is 1340 g/mol. The van der Waals surface area contributed by atoms with Crippen LogP contribution in [0, 0.1) is 5.92 Å². The van der Waals surface area contributed by atoms with Crippen molar-refractivity contribution in [2.45, 2.75) is 31.1 Å². The molecule has 0 saturated carbocycles. The van der Waals surface area contributed by atoms with Crippen LogP contribution in [-0.2, 0) is 12.8 Å². The predicted octanol–water partition coefficient (Wildman–Crippen LogP) is 26.5. The first kappa shape index (κ1) is 56.5. The highest BCUT2D eigenvalue weighted by Gasteiger charge is 2.28. The van der Waals surface area contributed by atoms with Crippen LogP contribution in [0.25, 0.3) is 199 Å². The van der Waals surface area contributed by atoms with Crippen LogP contribution in [0.4, 0.5) is 0 Å². The number of hydrogen-bond donors (Lipinski definition) is 0. The summed E-state index contributed by atoms with van der Waals surface area (Å²) in [5.41, 5.74) is 26.3. The summed E-state index contributed by atoms with van der Waals surface area (Å²) in [6, 6.07) is 92.1. The van der Waals surface area contributed by atoms with E-state index in [-0.39, 0.29) is 11.8 Å². The van der Waals surface area contributed by atoms with E-state index in [0.717, 1.165) is 185 Å². The van der Waals surface area contributed by atoms with Crippen molar-refractivity contribution in [2.24, 2.45) is 5.92 Å². The summed E-state index contributed by atoms with van der Waals surface area (Å²) < 4.78 is 44.3. The highest BCUT2D eigenvalue weighted by molar-refractivity contribution is 6.27. The molecule has 0 saturated heterocycles. The monoisotopic (exact) mass is 1330 g/mol. The number of allylic oxidation sites excluding steroid dienone is 6. The third kappa shape index (κ3) is 8.19. The number of aromatic nitrogens is 2. The van der Waals surface area contributed by atoms with E-state index in [2.05, 4.69) is 294 Å². The van der Waals surface area contributed by atoms with Crippen molar-refractivity contribution in [3.8, 4) is 33.6 Å². The molecule has 0 bridgehead atoms. The molecule has 3 unspecified atom stereocenters. The van der Waals surface area contributed by atoms with Gasteiger partial charge in [-0.3, -0.25) is 0 Å². The summed E-state index contributed by atoms with van der Waals surface area (Å²) in [7, 11) is 0. The first-order valence-electron chi connectivity index (χ1n) is 36.0. The molecule has 0 radical (unpaired) electrons. The molecule has 104 heavy (non-hydrogen) atoms. The summed E-state index contributed by atoms with van der Waals surface area (Å²) in [4.78, 5) is 0. The molecule has 0 aliphatic heterocycles. The van der Waals surface area contributed by atoms with Crippen molar-refractivity contribution in [1.29, 1.82) is 0 Å². The molecule has 0 spiro atoms. The molecule has 3 aliphatic rings. The van der Waals surface area contributed by atoms with Gasteiger partial charge in [0.1, 0.15) is 56.2 Å². The summed E-state index contributed by atoms with van der Waals surface area (Å²) in [6.07, 6.45) is 18.8. The second kappa shape index (κ2) is 21.1. The molecule has 8 heterocycles. The number of nitrogens with zero attached hydrogens (tertiary/aromatic N) is 2. The van der Waals surface area contributed by atoms with Gasteiger partial charge in [0.2, 0.25) is 0 Å². The van der Waals surface area contributed by atoms with Crippen LogP contribution in [0.15, 0.2) is 317 Å². The van der Waals surface area contributed by atoms with Gasteiger partial charge < -0.3 is 35.6 Å². The van der Waals surface area contributed by atoms with Crippen molar-refractivity contribution in [2.75, 3.05) is 0 Å². The summed E-state index contributed by atoms with van der Waals surface area (Å²) >= 11 is 0. The van der Waals surface area contributed by atoms with Crippen LogP contribution in [-0.4, -0.2) is 9.13 Å². The lowest BCUT2D eigenvalue weighted by Crippen LogP contribution is -2.10. The third-order valence-electron chi connectivity index (χ3n) is 23.2. The minimum atomic E-state index is 0.215. The Kier molecular flexibility index (Phi) is 11.5. The maximum atomic E-state index is 6.78. The van der Waals surface area contributed by atoms with Gasteiger partial charge in [0.25, 0.3) is 0 Å². The van der Waals surface area contributed by atoms with Crippen LogP contribution in [0.1, 0.15) is 52.0 Å². The van der Waals surface area contributed by atoms with Crippen molar-refractivity contribution < 1.29 is 26.5 Å². The Morgan fingerprint density at radius 2 is 0.760 bits per heavy atom. The molecular weight excluding hydrogens is 1280 g/mol. The van der Waals surface area contributed by atoms with Gasteiger partial charge in [0.05, 0.1) is 22.1 Å². The van der Waals surface area contributed by atoms with Crippen molar-refractivity contribution in [3.05, 3.63) is 325 Å². The second-order valence-corrected chi connectivity index (χ2v) is 28.8. The average Bonchev–Trinajstić information content (AvgIpc) is 1.54. The molecule has 3 atom stereocenters. The summed E-state index contributed by atoms with van der Waals surface area (Å²) in [5.74, 6) is 2.64. The molecule has 488 valence electrons. The SMILES string of the molecule is C1=CC(c2ccc3c(c2)oc2ccc(-n4c5ccccc5c5ccc6c(c7ccccc7n6-c6ccc7oc8ccccc8c7c6)c54)cc23)CC=C1C1C=Cc2oc3ccc(-c4ccc5oc6c(ccc7c8cc(-c9ccc%10oc%11c(c%10c9)CC(c9ccccc9)C=C%11)ccc8oc76)c5c4)cc3c2C1. The van der Waals surface area contributed by atoms with Crippen molar-refractivity contribution in [3.63, 3.8) is 0 Å². The maximum Gasteiger partial charge on any atom is 0.178 e. The molecule has 21 aromatic rings. The Morgan fingerprint density at radius 1 is 0.279 bits per heavy atom. The molecule has 8 aromatic heterocycles. The largest absolute Gasteiger partial charge is 0.456 e. The van der Waals surface area contributed by atoms with Gasteiger partial charge in [0, 0.05) is 116 Å². The Morgan fingerprint density at radius 3 is 1.41 bits per heavy atom. The fourth-order valence-corrected chi connectivity index (χ4v) is 18.2. The lowest BCUT2D eigenvalue weighted by atomic mass is 9.81. The normalized spacial score (nSPS) is 16.2. The van der Waals surface area contributed by atoms with Crippen LogP contribution < -0.4 is 0 Å². The van der Waals surface area contributed by atoms with Gasteiger partial charge in [-0.1, -0.05) is 158 Å². The highest BCUT2D eigenvalue weighted by atomic mass is 16.4. The fourth-order valence-electron chi connectivity index (χ4n) is 18.2. The van der Waals surface area contributed by atoms with Crippen molar-refractivity contribution >= 4 is 165 Å². The van der Waals surface area contributed by atoms with E-state index in [4.69, 9.17) is 26.5 Å².